The molecule has 1 rings (SSSR count). The zero-order valence-electron chi connectivity index (χ0n) is 10.4. The van der Waals surface area contributed by atoms with E-state index in [-0.39, 0.29) is 6.04 Å². The van der Waals surface area contributed by atoms with Crippen LogP contribution < -0.4 is 16.6 Å². The molecule has 0 saturated heterocycles. The first-order chi connectivity index (χ1) is 8.31. The average Bonchev–Trinajstić information content (AvgIpc) is 2.87. The summed E-state index contributed by atoms with van der Waals surface area (Å²) in [6.07, 6.45) is 4.96. The van der Waals surface area contributed by atoms with Crippen LogP contribution in [0.5, 0.6) is 0 Å². The number of nitrogens with zero attached hydrogens (tertiary/aromatic N) is 2. The predicted octanol–water partition coefficient (Wildman–Crippen LogP) is 1.80. The molecule has 0 saturated carbocycles. The number of aliphatic imine (C=N–C) groups is 1. The van der Waals surface area contributed by atoms with Crippen LogP contribution in [0, 0.1) is 0 Å². The van der Waals surface area contributed by atoms with Crippen molar-refractivity contribution >= 4 is 17.3 Å². The zero-order chi connectivity index (χ0) is 12.5. The van der Waals surface area contributed by atoms with Crippen molar-refractivity contribution in [3.63, 3.8) is 0 Å². The number of nitrogens with two attached hydrogens (primary N) is 1. The Morgan fingerprint density at radius 2 is 2.41 bits per heavy atom. The second-order valence-corrected chi connectivity index (χ2v) is 4.63. The maximum atomic E-state index is 5.45. The number of hydrazine groups is 1. The van der Waals surface area contributed by atoms with Crippen molar-refractivity contribution < 1.29 is 0 Å². The summed E-state index contributed by atoms with van der Waals surface area (Å²) in [5.41, 5.74) is 2.60. The van der Waals surface area contributed by atoms with Gasteiger partial charge in [0.05, 0.1) is 6.04 Å². The average molecular weight is 255 g/mol. The molecule has 1 unspecified atom stereocenters. The van der Waals surface area contributed by atoms with Crippen LogP contribution in [0.3, 0.4) is 0 Å². The zero-order valence-corrected chi connectivity index (χ0v) is 11.3. The third kappa shape index (κ3) is 4.70. The van der Waals surface area contributed by atoms with E-state index in [9.17, 15) is 0 Å². The van der Waals surface area contributed by atoms with E-state index >= 15 is 0 Å². The molecule has 0 aromatic carbocycles. The molecule has 0 aliphatic rings. The van der Waals surface area contributed by atoms with Crippen LogP contribution in [0.15, 0.2) is 16.6 Å². The molecule has 0 spiro atoms. The van der Waals surface area contributed by atoms with Gasteiger partial charge < -0.3 is 5.32 Å². The highest BCUT2D eigenvalue weighted by Gasteiger charge is 2.12. The molecular formula is C11H21N5S. The maximum absolute atomic E-state index is 5.45. The molecule has 6 heteroatoms. The Balaban J connectivity index is 2.56. The molecule has 17 heavy (non-hydrogen) atoms. The third-order valence-corrected chi connectivity index (χ3v) is 3.28. The van der Waals surface area contributed by atoms with Crippen molar-refractivity contribution in [1.82, 2.24) is 15.7 Å². The van der Waals surface area contributed by atoms with Gasteiger partial charge in [-0.2, -0.15) is 0 Å². The van der Waals surface area contributed by atoms with Gasteiger partial charge in [0.25, 0.3) is 0 Å². The van der Waals surface area contributed by atoms with Crippen molar-refractivity contribution in [2.45, 2.75) is 39.2 Å². The Bertz CT molecular complexity index is 323. The van der Waals surface area contributed by atoms with Crippen LogP contribution >= 0.6 is 11.3 Å². The van der Waals surface area contributed by atoms with E-state index in [1.54, 1.807) is 11.3 Å². The van der Waals surface area contributed by atoms with Gasteiger partial charge in [-0.3, -0.25) is 10.4 Å². The summed E-state index contributed by atoms with van der Waals surface area (Å²) in [7, 11) is 0. The maximum Gasteiger partial charge on any atom is 0.206 e. The molecule has 0 amide bonds. The van der Waals surface area contributed by atoms with E-state index in [1.807, 2.05) is 11.6 Å². The van der Waals surface area contributed by atoms with Crippen molar-refractivity contribution in [2.24, 2.45) is 10.8 Å². The first-order valence-electron chi connectivity index (χ1n) is 5.98. The normalized spacial score (nSPS) is 13.5. The van der Waals surface area contributed by atoms with Crippen molar-refractivity contribution in [3.8, 4) is 0 Å². The standard InChI is InChI=1S/C11H21N5S/c1-3-5-6-14-11(16-12)15-9(4-2)10-13-7-8-17-10/h7-9H,3-6,12H2,1-2H3,(H2,14,15,16). The minimum absolute atomic E-state index is 0.173. The van der Waals surface area contributed by atoms with E-state index < -0.39 is 0 Å². The van der Waals surface area contributed by atoms with Gasteiger partial charge in [-0.1, -0.05) is 20.3 Å². The Hall–Kier alpha value is -1.14. The number of thiazole rings is 1. The number of hydrogen-bond donors (Lipinski definition) is 3. The van der Waals surface area contributed by atoms with Crippen LogP contribution in [-0.2, 0) is 0 Å². The van der Waals surface area contributed by atoms with E-state index in [0.29, 0.717) is 5.96 Å². The van der Waals surface area contributed by atoms with Gasteiger partial charge in [0, 0.05) is 18.1 Å². The highest BCUT2D eigenvalue weighted by molar-refractivity contribution is 7.09. The number of aromatic nitrogens is 1. The molecular weight excluding hydrogens is 234 g/mol. The lowest BCUT2D eigenvalue weighted by Crippen LogP contribution is -2.43. The van der Waals surface area contributed by atoms with Crippen molar-refractivity contribution in [1.29, 1.82) is 0 Å². The van der Waals surface area contributed by atoms with Crippen molar-refractivity contribution in [3.05, 3.63) is 16.6 Å². The number of rotatable bonds is 6. The van der Waals surface area contributed by atoms with Gasteiger partial charge in [-0.05, 0) is 12.8 Å². The molecule has 1 heterocycles. The molecule has 1 aromatic rings. The van der Waals surface area contributed by atoms with Gasteiger partial charge in [0.15, 0.2) is 0 Å². The molecule has 0 radical (unpaired) electrons. The van der Waals surface area contributed by atoms with Gasteiger partial charge in [-0.15, -0.1) is 11.3 Å². The molecule has 0 bridgehead atoms. The number of unbranched alkanes of at least 4 members (excludes halogenated alkanes) is 1. The highest BCUT2D eigenvalue weighted by Crippen LogP contribution is 2.18. The van der Waals surface area contributed by atoms with E-state index in [1.165, 1.54) is 0 Å². The minimum Gasteiger partial charge on any atom is -0.346 e. The number of hydrogen-bond acceptors (Lipinski definition) is 4. The summed E-state index contributed by atoms with van der Waals surface area (Å²) in [6.45, 7) is 5.04. The number of guanidine groups is 1. The lowest BCUT2D eigenvalue weighted by molar-refractivity contribution is 0.604. The van der Waals surface area contributed by atoms with Crippen LogP contribution in [0.2, 0.25) is 0 Å². The van der Waals surface area contributed by atoms with Crippen LogP contribution in [0.1, 0.15) is 44.2 Å². The Kier molecular flexibility index (Phi) is 6.57. The van der Waals surface area contributed by atoms with E-state index in [0.717, 1.165) is 30.8 Å². The molecule has 4 N–H and O–H groups in total. The van der Waals surface area contributed by atoms with Crippen LogP contribution in [0.25, 0.3) is 0 Å². The summed E-state index contributed by atoms with van der Waals surface area (Å²) in [6, 6.07) is 0.173. The SMILES string of the molecule is CCCCN=C(NN)NC(CC)c1nccs1. The Labute approximate surface area is 107 Å². The van der Waals surface area contributed by atoms with Gasteiger partial charge in [-0.25, -0.2) is 10.8 Å². The molecule has 5 nitrogen and oxygen atoms in total. The lowest BCUT2D eigenvalue weighted by Gasteiger charge is -2.17. The van der Waals surface area contributed by atoms with Gasteiger partial charge in [0.1, 0.15) is 5.01 Å². The predicted molar refractivity (Wildman–Crippen MR) is 72.8 cm³/mol. The largest absolute Gasteiger partial charge is 0.346 e. The van der Waals surface area contributed by atoms with E-state index in [2.05, 4.69) is 34.6 Å². The lowest BCUT2D eigenvalue weighted by atomic mass is 10.2. The third-order valence-electron chi connectivity index (χ3n) is 2.39. The van der Waals surface area contributed by atoms with E-state index in [4.69, 9.17) is 5.84 Å². The second-order valence-electron chi connectivity index (χ2n) is 3.70. The molecule has 1 atom stereocenters. The minimum atomic E-state index is 0.173. The Morgan fingerprint density at radius 3 is 2.94 bits per heavy atom. The van der Waals surface area contributed by atoms with Crippen LogP contribution in [0.4, 0.5) is 0 Å². The summed E-state index contributed by atoms with van der Waals surface area (Å²) in [4.78, 5) is 8.68. The fourth-order valence-corrected chi connectivity index (χ4v) is 2.16. The van der Waals surface area contributed by atoms with Crippen LogP contribution in [-0.4, -0.2) is 17.5 Å². The monoisotopic (exact) mass is 255 g/mol. The smallest absolute Gasteiger partial charge is 0.206 e. The molecule has 0 aliphatic carbocycles. The first kappa shape index (κ1) is 13.9. The quantitative estimate of drug-likeness (QED) is 0.238. The van der Waals surface area contributed by atoms with Gasteiger partial charge >= 0.3 is 0 Å². The molecule has 0 aliphatic heterocycles. The molecule has 0 fully saturated rings. The molecule has 1 aromatic heterocycles. The summed E-state index contributed by atoms with van der Waals surface area (Å²) >= 11 is 1.64. The topological polar surface area (TPSA) is 75.3 Å². The second kappa shape index (κ2) is 8.03. The highest BCUT2D eigenvalue weighted by atomic mass is 32.1. The molecule has 96 valence electrons. The summed E-state index contributed by atoms with van der Waals surface area (Å²) in [5.74, 6) is 6.09. The van der Waals surface area contributed by atoms with Gasteiger partial charge in [0.2, 0.25) is 5.96 Å². The fraction of sp³-hybridized carbons (Fsp3) is 0.636. The number of nitrogens with one attached hydrogen (secondary N) is 2. The van der Waals surface area contributed by atoms with Crippen molar-refractivity contribution in [2.75, 3.05) is 6.54 Å². The Morgan fingerprint density at radius 1 is 1.59 bits per heavy atom. The summed E-state index contributed by atoms with van der Waals surface area (Å²) < 4.78 is 0. The fourth-order valence-electron chi connectivity index (χ4n) is 1.39. The first-order valence-corrected chi connectivity index (χ1v) is 6.86. The summed E-state index contributed by atoms with van der Waals surface area (Å²) in [5, 5.41) is 6.31.